The van der Waals surface area contributed by atoms with Gasteiger partial charge in [-0.25, -0.2) is 8.42 Å². The van der Waals surface area contributed by atoms with Crippen LogP contribution in [-0.2, 0) is 9.84 Å². The first-order chi connectivity index (χ1) is 8.05. The zero-order valence-electron chi connectivity index (χ0n) is 9.72. The summed E-state index contributed by atoms with van der Waals surface area (Å²) < 4.78 is 28.9. The Balaban J connectivity index is 2.44. The average molecular weight is 256 g/mol. The molecule has 1 aromatic carbocycles. The molecule has 1 fully saturated rings. The minimum atomic E-state index is -3.48. The van der Waals surface area contributed by atoms with Crippen molar-refractivity contribution in [1.29, 1.82) is 0 Å². The molecule has 94 valence electrons. The number of methoxy groups -OCH3 is 1. The van der Waals surface area contributed by atoms with Crippen LogP contribution in [0.5, 0.6) is 5.75 Å². The molecule has 0 aliphatic heterocycles. The molecule has 0 saturated heterocycles. The number of benzene rings is 1. The number of aliphatic hydroxyl groups excluding tert-OH is 1. The third-order valence-corrected chi connectivity index (χ3v) is 6.03. The van der Waals surface area contributed by atoms with E-state index in [0.717, 1.165) is 6.42 Å². The van der Waals surface area contributed by atoms with Crippen molar-refractivity contribution < 1.29 is 18.3 Å². The van der Waals surface area contributed by atoms with Crippen molar-refractivity contribution in [3.05, 3.63) is 24.3 Å². The standard InChI is InChI=1S/C12H16O4S/c1-16-10-4-2-5-11(8-10)17(14,15)12(9-13)6-3-7-12/h2,4-5,8,13H,3,6-7,9H2,1H3. The maximum Gasteiger partial charge on any atom is 0.186 e. The molecule has 0 unspecified atom stereocenters. The largest absolute Gasteiger partial charge is 0.497 e. The quantitative estimate of drug-likeness (QED) is 0.884. The Labute approximate surface area is 101 Å². The van der Waals surface area contributed by atoms with Crippen LogP contribution in [0.3, 0.4) is 0 Å². The second-order valence-electron chi connectivity index (χ2n) is 4.38. The molecule has 1 N–H and O–H groups in total. The van der Waals surface area contributed by atoms with Crippen LogP contribution in [0, 0.1) is 0 Å². The Morgan fingerprint density at radius 1 is 1.41 bits per heavy atom. The summed E-state index contributed by atoms with van der Waals surface area (Å²) in [4.78, 5) is 0.227. The summed E-state index contributed by atoms with van der Waals surface area (Å²) in [5, 5.41) is 9.35. The molecular formula is C12H16O4S. The molecule has 0 spiro atoms. The van der Waals surface area contributed by atoms with E-state index in [1.165, 1.54) is 13.2 Å². The van der Waals surface area contributed by atoms with Crippen LogP contribution in [0.2, 0.25) is 0 Å². The molecule has 4 nitrogen and oxygen atoms in total. The molecule has 0 heterocycles. The third kappa shape index (κ3) is 1.83. The number of aliphatic hydroxyl groups is 1. The van der Waals surface area contributed by atoms with Gasteiger partial charge in [0, 0.05) is 0 Å². The second kappa shape index (κ2) is 4.31. The van der Waals surface area contributed by atoms with E-state index >= 15 is 0 Å². The van der Waals surface area contributed by atoms with Crippen molar-refractivity contribution in [3.63, 3.8) is 0 Å². The van der Waals surface area contributed by atoms with Gasteiger partial charge in [-0.05, 0) is 31.0 Å². The molecule has 1 saturated carbocycles. The fourth-order valence-electron chi connectivity index (χ4n) is 2.10. The van der Waals surface area contributed by atoms with Gasteiger partial charge in [-0.15, -0.1) is 0 Å². The summed E-state index contributed by atoms with van der Waals surface area (Å²) >= 11 is 0. The summed E-state index contributed by atoms with van der Waals surface area (Å²) in [5.41, 5.74) is 0. The highest BCUT2D eigenvalue weighted by atomic mass is 32.2. The van der Waals surface area contributed by atoms with E-state index in [1.54, 1.807) is 18.2 Å². The molecule has 0 radical (unpaired) electrons. The number of rotatable bonds is 4. The summed E-state index contributed by atoms with van der Waals surface area (Å²) in [6.07, 6.45) is 1.91. The minimum absolute atomic E-state index is 0.227. The van der Waals surface area contributed by atoms with Gasteiger partial charge < -0.3 is 9.84 Å². The van der Waals surface area contributed by atoms with E-state index in [0.29, 0.717) is 18.6 Å². The van der Waals surface area contributed by atoms with E-state index in [9.17, 15) is 13.5 Å². The van der Waals surface area contributed by atoms with Gasteiger partial charge in [0.2, 0.25) is 0 Å². The number of hydrogen-bond acceptors (Lipinski definition) is 4. The lowest BCUT2D eigenvalue weighted by Gasteiger charge is -2.39. The van der Waals surface area contributed by atoms with Crippen LogP contribution in [0.4, 0.5) is 0 Å². The van der Waals surface area contributed by atoms with Crippen molar-refractivity contribution in [3.8, 4) is 5.75 Å². The number of sulfone groups is 1. The van der Waals surface area contributed by atoms with Crippen LogP contribution < -0.4 is 4.74 Å². The normalized spacial score (nSPS) is 18.5. The van der Waals surface area contributed by atoms with Crippen molar-refractivity contribution in [2.45, 2.75) is 28.9 Å². The second-order valence-corrected chi connectivity index (χ2v) is 6.72. The summed E-state index contributed by atoms with van der Waals surface area (Å²) in [7, 11) is -1.98. The predicted molar refractivity (Wildman–Crippen MR) is 63.8 cm³/mol. The van der Waals surface area contributed by atoms with Crippen LogP contribution >= 0.6 is 0 Å². The molecule has 17 heavy (non-hydrogen) atoms. The number of ether oxygens (including phenoxy) is 1. The van der Waals surface area contributed by atoms with E-state index in [4.69, 9.17) is 4.74 Å². The van der Waals surface area contributed by atoms with Gasteiger partial charge in [0.05, 0.1) is 23.4 Å². The van der Waals surface area contributed by atoms with Crippen LogP contribution in [0.1, 0.15) is 19.3 Å². The third-order valence-electron chi connectivity index (χ3n) is 3.47. The van der Waals surface area contributed by atoms with E-state index in [1.807, 2.05) is 0 Å². The fourth-order valence-corrected chi connectivity index (χ4v) is 4.13. The molecule has 2 rings (SSSR count). The molecule has 1 aliphatic carbocycles. The zero-order valence-corrected chi connectivity index (χ0v) is 10.5. The predicted octanol–water partition coefficient (Wildman–Crippen LogP) is 1.38. The summed E-state index contributed by atoms with van der Waals surface area (Å²) in [6.45, 7) is -0.313. The molecule has 1 aromatic rings. The zero-order chi connectivity index (χ0) is 12.5. The Bertz CT molecular complexity index is 497. The van der Waals surface area contributed by atoms with E-state index < -0.39 is 14.6 Å². The van der Waals surface area contributed by atoms with Crippen LogP contribution in [0.15, 0.2) is 29.2 Å². The van der Waals surface area contributed by atoms with E-state index in [-0.39, 0.29) is 11.5 Å². The Hall–Kier alpha value is -1.07. The highest BCUT2D eigenvalue weighted by molar-refractivity contribution is 7.93. The molecular weight excluding hydrogens is 240 g/mol. The molecule has 0 amide bonds. The first-order valence-corrected chi connectivity index (χ1v) is 7.04. The first-order valence-electron chi connectivity index (χ1n) is 5.55. The van der Waals surface area contributed by atoms with Crippen molar-refractivity contribution >= 4 is 9.84 Å². The van der Waals surface area contributed by atoms with Gasteiger partial charge >= 0.3 is 0 Å². The SMILES string of the molecule is COc1cccc(S(=O)(=O)C2(CO)CCC2)c1. The maximum atomic E-state index is 12.4. The highest BCUT2D eigenvalue weighted by Gasteiger charge is 2.49. The molecule has 5 heteroatoms. The van der Waals surface area contributed by atoms with Crippen molar-refractivity contribution in [2.75, 3.05) is 13.7 Å². The molecule has 1 aliphatic rings. The topological polar surface area (TPSA) is 63.6 Å². The van der Waals surface area contributed by atoms with Gasteiger partial charge in [-0.1, -0.05) is 12.5 Å². The maximum absolute atomic E-state index is 12.4. The van der Waals surface area contributed by atoms with Crippen molar-refractivity contribution in [1.82, 2.24) is 0 Å². The summed E-state index contributed by atoms with van der Waals surface area (Å²) in [5.74, 6) is 0.512. The van der Waals surface area contributed by atoms with Gasteiger partial charge in [0.15, 0.2) is 9.84 Å². The Morgan fingerprint density at radius 2 is 2.12 bits per heavy atom. The molecule has 0 atom stereocenters. The van der Waals surface area contributed by atoms with Crippen LogP contribution in [-0.4, -0.2) is 32.0 Å². The smallest absolute Gasteiger partial charge is 0.186 e. The fraction of sp³-hybridized carbons (Fsp3) is 0.500. The minimum Gasteiger partial charge on any atom is -0.497 e. The van der Waals surface area contributed by atoms with Gasteiger partial charge in [-0.2, -0.15) is 0 Å². The first kappa shape index (κ1) is 12.4. The summed E-state index contributed by atoms with van der Waals surface area (Å²) in [6, 6.07) is 6.40. The number of hydrogen-bond donors (Lipinski definition) is 1. The van der Waals surface area contributed by atoms with Crippen molar-refractivity contribution in [2.24, 2.45) is 0 Å². The van der Waals surface area contributed by atoms with E-state index in [2.05, 4.69) is 0 Å². The van der Waals surface area contributed by atoms with Gasteiger partial charge in [-0.3, -0.25) is 0 Å². The lowest BCUT2D eigenvalue weighted by atomic mass is 9.85. The van der Waals surface area contributed by atoms with Crippen LogP contribution in [0.25, 0.3) is 0 Å². The molecule has 0 bridgehead atoms. The lowest BCUT2D eigenvalue weighted by Crippen LogP contribution is -2.48. The monoisotopic (exact) mass is 256 g/mol. The highest BCUT2D eigenvalue weighted by Crippen LogP contribution is 2.42. The Morgan fingerprint density at radius 3 is 2.59 bits per heavy atom. The average Bonchev–Trinajstić information content (AvgIpc) is 2.28. The molecule has 0 aromatic heterocycles. The lowest BCUT2D eigenvalue weighted by molar-refractivity contribution is 0.181. The van der Waals surface area contributed by atoms with Gasteiger partial charge in [0.25, 0.3) is 0 Å². The Kier molecular flexibility index (Phi) is 3.14. The van der Waals surface area contributed by atoms with Gasteiger partial charge in [0.1, 0.15) is 5.75 Å².